The summed E-state index contributed by atoms with van der Waals surface area (Å²) >= 11 is 15.1. The molecule has 5 heteroatoms. The maximum atomic E-state index is 6.11. The highest BCUT2D eigenvalue weighted by Gasteiger charge is 2.11. The molecule has 2 aromatic carbocycles. The number of nitrogens with one attached hydrogen (secondary N) is 1. The lowest BCUT2D eigenvalue weighted by molar-refractivity contribution is 1.03. The first kappa shape index (κ1) is 13.6. The highest BCUT2D eigenvalue weighted by Crippen LogP contribution is 2.30. The van der Waals surface area contributed by atoms with Gasteiger partial charge in [0.1, 0.15) is 0 Å². The van der Waals surface area contributed by atoms with Crippen LogP contribution in [0.15, 0.2) is 59.2 Å². The first-order valence-electron chi connectivity index (χ1n) is 5.98. The molecule has 0 fully saturated rings. The van der Waals surface area contributed by atoms with Gasteiger partial charge in [-0.25, -0.2) is 0 Å². The fraction of sp³-hybridized carbons (Fsp3) is 0. The number of benzene rings is 2. The molecule has 0 spiro atoms. The minimum atomic E-state index is 0.631. The van der Waals surface area contributed by atoms with E-state index in [9.17, 15) is 0 Å². The zero-order chi connectivity index (χ0) is 14.1. The van der Waals surface area contributed by atoms with Crippen LogP contribution in [0, 0.1) is 4.77 Å². The van der Waals surface area contributed by atoms with Crippen LogP contribution in [0.1, 0.15) is 0 Å². The number of hydrogen-bond acceptors (Lipinski definition) is 1. The topological polar surface area (TPSA) is 20.7 Å². The van der Waals surface area contributed by atoms with Gasteiger partial charge in [0.2, 0.25) is 0 Å². The summed E-state index contributed by atoms with van der Waals surface area (Å²) in [5, 5.41) is 0.672. The Morgan fingerprint density at radius 3 is 2.60 bits per heavy atom. The van der Waals surface area contributed by atoms with Crippen molar-refractivity contribution in [1.29, 1.82) is 0 Å². The smallest absolute Gasteiger partial charge is 0.182 e. The average molecular weight is 366 g/mol. The van der Waals surface area contributed by atoms with Crippen LogP contribution in [-0.2, 0) is 0 Å². The molecule has 0 saturated carbocycles. The second kappa shape index (κ2) is 5.56. The van der Waals surface area contributed by atoms with Gasteiger partial charge in [0.15, 0.2) is 4.77 Å². The van der Waals surface area contributed by atoms with Crippen LogP contribution in [0.4, 0.5) is 0 Å². The number of nitrogens with zero attached hydrogens (tertiary/aromatic N) is 1. The fourth-order valence-corrected chi connectivity index (χ4v) is 2.93. The number of halogens is 2. The van der Waals surface area contributed by atoms with Crippen molar-refractivity contribution in [3.8, 4) is 16.9 Å². The summed E-state index contributed by atoms with van der Waals surface area (Å²) < 4.78 is 3.54. The van der Waals surface area contributed by atoms with E-state index in [4.69, 9.17) is 23.8 Å². The van der Waals surface area contributed by atoms with E-state index < -0.39 is 0 Å². The van der Waals surface area contributed by atoms with Gasteiger partial charge in [0, 0.05) is 21.3 Å². The Morgan fingerprint density at radius 1 is 1.10 bits per heavy atom. The van der Waals surface area contributed by atoms with Gasteiger partial charge in [-0.05, 0) is 46.3 Å². The van der Waals surface area contributed by atoms with Crippen molar-refractivity contribution in [1.82, 2.24) is 9.55 Å². The molecule has 3 aromatic rings. The number of aromatic nitrogens is 2. The number of rotatable bonds is 2. The Hall–Kier alpha value is -1.36. The summed E-state index contributed by atoms with van der Waals surface area (Å²) in [6, 6.07) is 15.7. The third-order valence-corrected chi connectivity index (χ3v) is 4.20. The molecule has 1 heterocycles. The van der Waals surface area contributed by atoms with Crippen LogP contribution in [0.5, 0.6) is 0 Å². The number of imidazole rings is 1. The third kappa shape index (κ3) is 2.46. The van der Waals surface area contributed by atoms with Crippen LogP contribution in [0.2, 0.25) is 5.02 Å². The summed E-state index contributed by atoms with van der Waals surface area (Å²) in [6.45, 7) is 0. The number of H-pyrrole nitrogens is 1. The lowest BCUT2D eigenvalue weighted by Crippen LogP contribution is -1.98. The maximum absolute atomic E-state index is 6.11. The first-order valence-corrected chi connectivity index (χ1v) is 7.56. The molecule has 0 aliphatic carbocycles. The minimum absolute atomic E-state index is 0.631. The van der Waals surface area contributed by atoms with Gasteiger partial charge >= 0.3 is 0 Å². The maximum Gasteiger partial charge on any atom is 0.182 e. The van der Waals surface area contributed by atoms with Gasteiger partial charge < -0.3 is 4.98 Å². The van der Waals surface area contributed by atoms with Crippen molar-refractivity contribution in [2.45, 2.75) is 0 Å². The van der Waals surface area contributed by atoms with E-state index in [1.807, 2.05) is 59.3 Å². The predicted octanol–water partition coefficient (Wildman–Crippen LogP) is 5.62. The monoisotopic (exact) mass is 364 g/mol. The molecule has 3 rings (SSSR count). The zero-order valence-electron chi connectivity index (χ0n) is 10.3. The van der Waals surface area contributed by atoms with Crippen molar-refractivity contribution in [3.63, 3.8) is 0 Å². The van der Waals surface area contributed by atoms with Crippen molar-refractivity contribution in [2.24, 2.45) is 0 Å². The lowest BCUT2D eigenvalue weighted by atomic mass is 10.1. The molecule has 1 N–H and O–H groups in total. The van der Waals surface area contributed by atoms with E-state index in [0.717, 1.165) is 21.4 Å². The summed E-state index contributed by atoms with van der Waals surface area (Å²) in [5.41, 5.74) is 3.01. The van der Waals surface area contributed by atoms with Crippen molar-refractivity contribution >= 4 is 39.7 Å². The Bertz CT molecular complexity index is 808. The van der Waals surface area contributed by atoms with Crippen LogP contribution >= 0.6 is 39.7 Å². The molecule has 20 heavy (non-hydrogen) atoms. The van der Waals surface area contributed by atoms with E-state index in [1.54, 1.807) is 0 Å². The normalized spacial score (nSPS) is 10.7. The van der Waals surface area contributed by atoms with E-state index in [2.05, 4.69) is 20.9 Å². The molecule has 0 aliphatic rings. The minimum Gasteiger partial charge on any atom is -0.336 e. The molecule has 0 bridgehead atoms. The molecule has 0 radical (unpaired) electrons. The Balaban J connectivity index is 2.27. The fourth-order valence-electron chi connectivity index (χ4n) is 2.09. The second-order valence-corrected chi connectivity index (χ2v) is 5.95. The third-order valence-electron chi connectivity index (χ3n) is 2.99. The highest BCUT2D eigenvalue weighted by molar-refractivity contribution is 9.10. The molecule has 0 aliphatic heterocycles. The molecule has 0 amide bonds. The van der Waals surface area contributed by atoms with E-state index in [1.165, 1.54) is 0 Å². The highest BCUT2D eigenvalue weighted by atomic mass is 79.9. The first-order chi connectivity index (χ1) is 9.66. The van der Waals surface area contributed by atoms with Crippen LogP contribution in [0.3, 0.4) is 0 Å². The molecule has 0 saturated heterocycles. The van der Waals surface area contributed by atoms with Crippen molar-refractivity contribution in [2.75, 3.05) is 0 Å². The van der Waals surface area contributed by atoms with E-state index in [-0.39, 0.29) is 0 Å². The van der Waals surface area contributed by atoms with E-state index in [0.29, 0.717) is 9.79 Å². The van der Waals surface area contributed by atoms with Crippen LogP contribution in [0.25, 0.3) is 16.9 Å². The molecule has 100 valence electrons. The number of aromatic amines is 1. The van der Waals surface area contributed by atoms with Gasteiger partial charge in [0.05, 0.1) is 11.4 Å². The summed E-state index contributed by atoms with van der Waals surface area (Å²) in [4.78, 5) is 3.09. The van der Waals surface area contributed by atoms with E-state index >= 15 is 0 Å². The predicted molar refractivity (Wildman–Crippen MR) is 89.1 cm³/mol. The average Bonchev–Trinajstić information content (AvgIpc) is 2.84. The largest absolute Gasteiger partial charge is 0.336 e. The van der Waals surface area contributed by atoms with Gasteiger partial charge in [-0.2, -0.15) is 0 Å². The zero-order valence-corrected chi connectivity index (χ0v) is 13.5. The Morgan fingerprint density at radius 2 is 1.85 bits per heavy atom. The van der Waals surface area contributed by atoms with Gasteiger partial charge in [-0.15, -0.1) is 0 Å². The molecule has 0 unspecified atom stereocenters. The van der Waals surface area contributed by atoms with Gasteiger partial charge in [-0.1, -0.05) is 41.9 Å². The standard InChI is InChI=1S/C15H10BrClN2S/c16-12-7-6-11(17)8-13(12)19-14(9-18-15(19)20)10-4-2-1-3-5-10/h1-9H,(H,18,20). The second-order valence-electron chi connectivity index (χ2n) is 4.28. The molecular formula is C15H10BrClN2S. The molecular weight excluding hydrogens is 356 g/mol. The van der Waals surface area contributed by atoms with Gasteiger partial charge in [-0.3, -0.25) is 4.57 Å². The molecule has 2 nitrogen and oxygen atoms in total. The SMILES string of the molecule is S=c1[nH]cc(-c2ccccc2)n1-c1cc(Cl)ccc1Br. The quantitative estimate of drug-likeness (QED) is 0.585. The summed E-state index contributed by atoms with van der Waals surface area (Å²) in [6.07, 6.45) is 1.91. The van der Waals surface area contributed by atoms with Gasteiger partial charge in [0.25, 0.3) is 0 Å². The van der Waals surface area contributed by atoms with Crippen molar-refractivity contribution in [3.05, 3.63) is 69.0 Å². The summed E-state index contributed by atoms with van der Waals surface area (Å²) in [5.74, 6) is 0. The Kier molecular flexibility index (Phi) is 3.78. The van der Waals surface area contributed by atoms with Crippen molar-refractivity contribution < 1.29 is 0 Å². The van der Waals surface area contributed by atoms with Crippen LogP contribution < -0.4 is 0 Å². The van der Waals surface area contributed by atoms with Crippen LogP contribution in [-0.4, -0.2) is 9.55 Å². The summed E-state index contributed by atoms with van der Waals surface area (Å²) in [7, 11) is 0. The lowest BCUT2D eigenvalue weighted by Gasteiger charge is -2.11. The number of hydrogen-bond donors (Lipinski definition) is 1. The molecule has 1 aromatic heterocycles. The molecule has 0 atom stereocenters. The Labute approximate surface area is 135 Å².